The summed E-state index contributed by atoms with van der Waals surface area (Å²) in [6.45, 7) is 9.16. The molecule has 1 heteroatoms. The highest BCUT2D eigenvalue weighted by Gasteiger charge is 2.17. The summed E-state index contributed by atoms with van der Waals surface area (Å²) < 4.78 is 0. The Bertz CT molecular complexity index is 1080. The van der Waals surface area contributed by atoms with Crippen molar-refractivity contribution >= 4 is 33.3 Å². The molecule has 0 aliphatic heterocycles. The number of hydrogen-bond donors (Lipinski definition) is 0. The van der Waals surface area contributed by atoms with Gasteiger partial charge in [-0.1, -0.05) is 100 Å². The summed E-state index contributed by atoms with van der Waals surface area (Å²) in [6.07, 6.45) is 4.31. The van der Waals surface area contributed by atoms with E-state index in [4.69, 9.17) is 0 Å². The third kappa shape index (κ3) is 3.57. The first-order valence-electron chi connectivity index (χ1n) is 11.0. The summed E-state index contributed by atoms with van der Waals surface area (Å²) in [7, 11) is 0. The number of rotatable bonds is 6. The summed E-state index contributed by atoms with van der Waals surface area (Å²) in [5.74, 6) is 0. The van der Waals surface area contributed by atoms with Crippen LogP contribution in [0.3, 0.4) is 0 Å². The lowest BCUT2D eigenvalue weighted by Gasteiger charge is -2.20. The lowest BCUT2D eigenvalue weighted by Crippen LogP contribution is -1.99. The van der Waals surface area contributed by atoms with E-state index in [0.29, 0.717) is 0 Å². The fraction of sp³-hybridized carbons (Fsp3) is 0.286. The van der Waals surface area contributed by atoms with E-state index in [1.807, 2.05) is 11.8 Å². The molecule has 0 nitrogen and oxygen atoms in total. The molecule has 0 N–H and O–H groups in total. The van der Waals surface area contributed by atoms with Crippen molar-refractivity contribution in [1.82, 2.24) is 0 Å². The fourth-order valence-electron chi connectivity index (χ4n) is 4.57. The van der Waals surface area contributed by atoms with Crippen LogP contribution in [0.25, 0.3) is 21.5 Å². The number of hydrogen-bond acceptors (Lipinski definition) is 1. The molecule has 0 saturated heterocycles. The fourth-order valence-corrected chi connectivity index (χ4v) is 6.16. The largest absolute Gasteiger partial charge is 0.0882 e. The molecule has 0 aromatic heterocycles. The first-order chi connectivity index (χ1) is 14.2. The zero-order valence-corrected chi connectivity index (χ0v) is 18.8. The van der Waals surface area contributed by atoms with Gasteiger partial charge in [0.1, 0.15) is 0 Å². The van der Waals surface area contributed by atoms with Crippen molar-refractivity contribution in [3.05, 3.63) is 82.9 Å². The average molecular weight is 399 g/mol. The maximum atomic E-state index is 2.40. The Morgan fingerprint density at radius 1 is 0.552 bits per heavy atom. The van der Waals surface area contributed by atoms with E-state index in [-0.39, 0.29) is 0 Å². The summed E-state index contributed by atoms with van der Waals surface area (Å²) in [6, 6.07) is 22.6. The molecular weight excluding hydrogens is 368 g/mol. The van der Waals surface area contributed by atoms with E-state index in [2.05, 4.69) is 88.4 Å². The first kappa shape index (κ1) is 20.0. The van der Waals surface area contributed by atoms with Crippen LogP contribution in [0.15, 0.2) is 70.5 Å². The predicted octanol–water partition coefficient (Wildman–Crippen LogP) is 8.39. The van der Waals surface area contributed by atoms with Gasteiger partial charge in [-0.25, -0.2) is 0 Å². The van der Waals surface area contributed by atoms with Gasteiger partial charge >= 0.3 is 0 Å². The minimum Gasteiger partial charge on any atom is -0.0882 e. The molecule has 148 valence electrons. The van der Waals surface area contributed by atoms with Gasteiger partial charge in [0.2, 0.25) is 0 Å². The summed E-state index contributed by atoms with van der Waals surface area (Å²) in [5.41, 5.74) is 6.01. The average Bonchev–Trinajstić information content (AvgIpc) is 2.78. The van der Waals surface area contributed by atoms with Crippen LogP contribution in [-0.2, 0) is 25.7 Å². The van der Waals surface area contributed by atoms with Crippen molar-refractivity contribution < 1.29 is 0 Å². The highest BCUT2D eigenvalue weighted by Crippen LogP contribution is 2.44. The maximum Gasteiger partial charge on any atom is 0.0235 e. The topological polar surface area (TPSA) is 0 Å². The van der Waals surface area contributed by atoms with Crippen LogP contribution < -0.4 is 0 Å². The quantitative estimate of drug-likeness (QED) is 0.314. The van der Waals surface area contributed by atoms with Gasteiger partial charge < -0.3 is 0 Å². The molecule has 29 heavy (non-hydrogen) atoms. The van der Waals surface area contributed by atoms with E-state index in [0.717, 1.165) is 25.7 Å². The van der Waals surface area contributed by atoms with E-state index in [1.54, 1.807) is 0 Å². The number of aryl methyl sites for hydroxylation is 2. The minimum absolute atomic E-state index is 1.07. The molecule has 0 atom stereocenters. The van der Waals surface area contributed by atoms with Gasteiger partial charge in [-0.2, -0.15) is 0 Å². The monoisotopic (exact) mass is 398 g/mol. The van der Waals surface area contributed by atoms with Crippen molar-refractivity contribution in [2.75, 3.05) is 0 Å². The smallest absolute Gasteiger partial charge is 0.0235 e. The minimum atomic E-state index is 1.07. The third-order valence-corrected chi connectivity index (χ3v) is 7.41. The number of benzene rings is 4. The SMILES string of the molecule is CCc1cc2ccccc2c(Sc2c(CC)c(CC)cc3ccccc23)c1CC. The normalized spacial score (nSPS) is 11.4. The first-order valence-corrected chi connectivity index (χ1v) is 11.8. The van der Waals surface area contributed by atoms with Crippen LogP contribution >= 0.6 is 11.8 Å². The van der Waals surface area contributed by atoms with Crippen molar-refractivity contribution in [3.8, 4) is 0 Å². The second-order valence-corrected chi connectivity index (χ2v) is 8.67. The van der Waals surface area contributed by atoms with Gasteiger partial charge in [-0.3, -0.25) is 0 Å². The summed E-state index contributed by atoms with van der Waals surface area (Å²) in [5, 5.41) is 5.50. The molecule has 0 heterocycles. The third-order valence-electron chi connectivity index (χ3n) is 6.07. The van der Waals surface area contributed by atoms with E-state index in [9.17, 15) is 0 Å². The molecule has 0 saturated carbocycles. The Morgan fingerprint density at radius 2 is 0.966 bits per heavy atom. The standard InChI is InChI=1S/C28H30S/c1-5-19-17-21-13-9-11-15-25(21)27(23(19)7-3)29-28-24(8-4)20(6-2)18-22-14-10-12-16-26(22)28/h9-18H,5-8H2,1-4H3. The summed E-state index contributed by atoms with van der Waals surface area (Å²) in [4.78, 5) is 2.91. The Labute approximate surface area is 179 Å². The molecule has 0 bridgehead atoms. The second-order valence-electron chi connectivity index (χ2n) is 7.65. The van der Waals surface area contributed by atoms with Gasteiger partial charge in [0.05, 0.1) is 0 Å². The molecule has 0 amide bonds. The molecule has 0 spiro atoms. The van der Waals surface area contributed by atoms with Gasteiger partial charge in [-0.15, -0.1) is 0 Å². The molecule has 0 fully saturated rings. The Morgan fingerprint density at radius 3 is 1.34 bits per heavy atom. The van der Waals surface area contributed by atoms with Crippen LogP contribution in [0.5, 0.6) is 0 Å². The molecule has 4 aromatic rings. The summed E-state index contributed by atoms with van der Waals surface area (Å²) >= 11 is 2.01. The lowest BCUT2D eigenvalue weighted by molar-refractivity contribution is 0.999. The van der Waals surface area contributed by atoms with Crippen LogP contribution in [0, 0.1) is 0 Å². The van der Waals surface area contributed by atoms with Crippen LogP contribution in [0.4, 0.5) is 0 Å². The zero-order valence-electron chi connectivity index (χ0n) is 18.0. The van der Waals surface area contributed by atoms with E-state index >= 15 is 0 Å². The van der Waals surface area contributed by atoms with Crippen molar-refractivity contribution in [2.24, 2.45) is 0 Å². The molecule has 0 unspecified atom stereocenters. The Balaban J connectivity index is 2.04. The second kappa shape index (κ2) is 8.63. The van der Waals surface area contributed by atoms with Crippen LogP contribution in [-0.4, -0.2) is 0 Å². The highest BCUT2D eigenvalue weighted by atomic mass is 32.2. The molecule has 4 aromatic carbocycles. The highest BCUT2D eigenvalue weighted by molar-refractivity contribution is 8.00. The van der Waals surface area contributed by atoms with Crippen LogP contribution in [0.1, 0.15) is 49.9 Å². The Kier molecular flexibility index (Phi) is 5.96. The Hall–Kier alpha value is -2.25. The molecule has 0 aliphatic carbocycles. The molecular formula is C28H30S. The van der Waals surface area contributed by atoms with Gasteiger partial charge in [-0.05, 0) is 69.5 Å². The molecule has 0 radical (unpaired) electrons. The van der Waals surface area contributed by atoms with E-state index in [1.165, 1.54) is 53.6 Å². The van der Waals surface area contributed by atoms with E-state index < -0.39 is 0 Å². The van der Waals surface area contributed by atoms with Gasteiger partial charge in [0, 0.05) is 9.79 Å². The molecule has 0 aliphatic rings. The maximum absolute atomic E-state index is 2.40. The van der Waals surface area contributed by atoms with Gasteiger partial charge in [0.25, 0.3) is 0 Å². The van der Waals surface area contributed by atoms with Crippen molar-refractivity contribution in [3.63, 3.8) is 0 Å². The van der Waals surface area contributed by atoms with Crippen LogP contribution in [0.2, 0.25) is 0 Å². The van der Waals surface area contributed by atoms with Crippen molar-refractivity contribution in [1.29, 1.82) is 0 Å². The van der Waals surface area contributed by atoms with Gasteiger partial charge in [0.15, 0.2) is 0 Å². The number of fused-ring (bicyclic) bond motifs is 2. The predicted molar refractivity (Wildman–Crippen MR) is 130 cm³/mol. The lowest BCUT2D eigenvalue weighted by atomic mass is 9.97. The molecule has 4 rings (SSSR count). The van der Waals surface area contributed by atoms with Crippen molar-refractivity contribution in [2.45, 2.75) is 63.2 Å². The zero-order chi connectivity index (χ0) is 20.4.